The van der Waals surface area contributed by atoms with Gasteiger partial charge in [0.25, 0.3) is 0 Å². The van der Waals surface area contributed by atoms with Crippen LogP contribution in [0.5, 0.6) is 0 Å². The molecule has 0 radical (unpaired) electrons. The summed E-state index contributed by atoms with van der Waals surface area (Å²) in [5.41, 5.74) is 0. The average Bonchev–Trinajstić information content (AvgIpc) is 2.53. The molecule has 6 heteroatoms. The fourth-order valence-corrected chi connectivity index (χ4v) is 0.863. The molecule has 0 unspecified atom stereocenters. The Hall–Kier alpha value is -1.30. The Bertz CT molecular complexity index is 310. The third-order valence-corrected chi connectivity index (χ3v) is 1.71. The zero-order chi connectivity index (χ0) is 9.68. The number of thiocarbonyl (C=S) groups is 1. The Morgan fingerprint density at radius 2 is 2.31 bits per heavy atom. The molecule has 0 spiro atoms. The van der Waals surface area contributed by atoms with Crippen LogP contribution < -0.4 is 5.32 Å². The lowest BCUT2D eigenvalue weighted by atomic mass is 10.4. The van der Waals surface area contributed by atoms with Gasteiger partial charge in [-0.05, 0) is 0 Å². The fourth-order valence-electron chi connectivity index (χ4n) is 0.739. The van der Waals surface area contributed by atoms with Crippen LogP contribution in [0.15, 0.2) is 4.42 Å². The first-order chi connectivity index (χ1) is 6.26. The Balaban J connectivity index is 2.58. The van der Waals surface area contributed by atoms with Gasteiger partial charge in [-0.1, -0.05) is 12.2 Å². The standard InChI is InChI=1S/C7H9N3O2S/c1-8-7(13)4-6-10-9-5(12-6)2-3-11/h3H,2,4H2,1H3,(H,8,13). The molecule has 0 amide bonds. The van der Waals surface area contributed by atoms with Crippen LogP contribution in [-0.2, 0) is 17.6 Å². The second kappa shape index (κ2) is 4.66. The average molecular weight is 199 g/mol. The van der Waals surface area contributed by atoms with Crippen LogP contribution in [0.4, 0.5) is 0 Å². The number of carbonyl (C=O) groups excluding carboxylic acids is 1. The molecule has 1 N–H and O–H groups in total. The maximum atomic E-state index is 10.1. The van der Waals surface area contributed by atoms with Crippen LogP contribution in [0.25, 0.3) is 0 Å². The normalized spacial score (nSPS) is 9.62. The number of hydrogen-bond acceptors (Lipinski definition) is 5. The molecular weight excluding hydrogens is 190 g/mol. The number of nitrogens with one attached hydrogen (secondary N) is 1. The third-order valence-electron chi connectivity index (χ3n) is 1.36. The number of aromatic nitrogens is 2. The lowest BCUT2D eigenvalue weighted by molar-refractivity contribution is -0.107. The van der Waals surface area contributed by atoms with E-state index in [4.69, 9.17) is 16.6 Å². The molecule has 1 aromatic heterocycles. The molecule has 13 heavy (non-hydrogen) atoms. The van der Waals surface area contributed by atoms with Gasteiger partial charge in [0.05, 0.1) is 17.8 Å². The van der Waals surface area contributed by atoms with Gasteiger partial charge in [0.15, 0.2) is 0 Å². The van der Waals surface area contributed by atoms with Gasteiger partial charge in [-0.3, -0.25) is 0 Å². The Morgan fingerprint density at radius 1 is 1.62 bits per heavy atom. The van der Waals surface area contributed by atoms with Crippen molar-refractivity contribution < 1.29 is 9.21 Å². The van der Waals surface area contributed by atoms with Crippen molar-refractivity contribution in [2.24, 2.45) is 0 Å². The Labute approximate surface area is 80.5 Å². The highest BCUT2D eigenvalue weighted by atomic mass is 32.1. The molecule has 0 atom stereocenters. The molecule has 0 aliphatic heterocycles. The van der Waals surface area contributed by atoms with Crippen molar-refractivity contribution in [3.8, 4) is 0 Å². The smallest absolute Gasteiger partial charge is 0.223 e. The van der Waals surface area contributed by atoms with Gasteiger partial charge in [-0.15, -0.1) is 10.2 Å². The van der Waals surface area contributed by atoms with E-state index >= 15 is 0 Å². The van der Waals surface area contributed by atoms with Crippen molar-refractivity contribution in [1.29, 1.82) is 0 Å². The highest BCUT2D eigenvalue weighted by Crippen LogP contribution is 2.00. The van der Waals surface area contributed by atoms with E-state index in [1.165, 1.54) is 0 Å². The minimum absolute atomic E-state index is 0.152. The summed E-state index contributed by atoms with van der Waals surface area (Å²) in [7, 11) is 1.73. The van der Waals surface area contributed by atoms with Crippen molar-refractivity contribution >= 4 is 23.5 Å². The predicted molar refractivity (Wildman–Crippen MR) is 49.4 cm³/mol. The number of likely N-dealkylation sites (N-methyl/N-ethyl adjacent to an activating group) is 1. The van der Waals surface area contributed by atoms with Gasteiger partial charge in [-0.25, -0.2) is 0 Å². The lowest BCUT2D eigenvalue weighted by Gasteiger charge is -1.95. The number of hydrogen-bond donors (Lipinski definition) is 1. The molecule has 0 fully saturated rings. The second-order valence-corrected chi connectivity index (χ2v) is 2.80. The van der Waals surface area contributed by atoms with E-state index in [0.717, 1.165) is 0 Å². The third kappa shape index (κ3) is 2.90. The van der Waals surface area contributed by atoms with E-state index in [1.54, 1.807) is 7.05 Å². The molecule has 0 aliphatic rings. The van der Waals surface area contributed by atoms with E-state index in [9.17, 15) is 4.79 Å². The highest BCUT2D eigenvalue weighted by Gasteiger charge is 2.06. The van der Waals surface area contributed by atoms with Gasteiger partial charge < -0.3 is 14.5 Å². The monoisotopic (exact) mass is 199 g/mol. The van der Waals surface area contributed by atoms with Gasteiger partial charge in [0.1, 0.15) is 6.29 Å². The van der Waals surface area contributed by atoms with E-state index < -0.39 is 0 Å². The van der Waals surface area contributed by atoms with Crippen LogP contribution in [0, 0.1) is 0 Å². The SMILES string of the molecule is CNC(=S)Cc1nnc(CC=O)o1. The Morgan fingerprint density at radius 3 is 2.92 bits per heavy atom. The first kappa shape index (κ1) is 9.79. The topological polar surface area (TPSA) is 68.0 Å². The number of carbonyl (C=O) groups is 1. The highest BCUT2D eigenvalue weighted by molar-refractivity contribution is 7.80. The quantitative estimate of drug-likeness (QED) is 0.539. The zero-order valence-electron chi connectivity index (χ0n) is 7.11. The van der Waals surface area contributed by atoms with E-state index in [-0.39, 0.29) is 6.42 Å². The Kier molecular flexibility index (Phi) is 3.51. The number of aldehydes is 1. The molecule has 0 bridgehead atoms. The molecule has 0 saturated carbocycles. The first-order valence-electron chi connectivity index (χ1n) is 3.71. The van der Waals surface area contributed by atoms with Crippen molar-refractivity contribution in [2.45, 2.75) is 12.8 Å². The predicted octanol–water partition coefficient (Wildman–Crippen LogP) is -0.0997. The second-order valence-electron chi connectivity index (χ2n) is 2.31. The maximum absolute atomic E-state index is 10.1. The summed E-state index contributed by atoms with van der Waals surface area (Å²) < 4.78 is 5.12. The summed E-state index contributed by atoms with van der Waals surface area (Å²) >= 11 is 4.90. The van der Waals surface area contributed by atoms with Crippen LogP contribution in [0.3, 0.4) is 0 Å². The minimum atomic E-state index is 0.152. The molecule has 70 valence electrons. The summed E-state index contributed by atoms with van der Waals surface area (Å²) in [6.45, 7) is 0. The summed E-state index contributed by atoms with van der Waals surface area (Å²) in [4.78, 5) is 10.7. The van der Waals surface area contributed by atoms with Crippen LogP contribution >= 0.6 is 12.2 Å². The zero-order valence-corrected chi connectivity index (χ0v) is 7.93. The lowest BCUT2D eigenvalue weighted by Crippen LogP contribution is -2.17. The molecule has 1 aromatic rings. The summed E-state index contributed by atoms with van der Waals surface area (Å²) in [6.07, 6.45) is 1.28. The molecule has 1 rings (SSSR count). The molecule has 0 aliphatic carbocycles. The minimum Gasteiger partial charge on any atom is -0.424 e. The molecule has 0 aromatic carbocycles. The van der Waals surface area contributed by atoms with E-state index in [1.807, 2.05) is 0 Å². The van der Waals surface area contributed by atoms with Gasteiger partial charge >= 0.3 is 0 Å². The maximum Gasteiger partial charge on any atom is 0.223 e. The summed E-state index contributed by atoms with van der Waals surface area (Å²) in [6, 6.07) is 0. The van der Waals surface area contributed by atoms with Crippen LogP contribution in [0.1, 0.15) is 11.8 Å². The van der Waals surface area contributed by atoms with Gasteiger partial charge in [-0.2, -0.15) is 0 Å². The molecule has 0 saturated heterocycles. The van der Waals surface area contributed by atoms with Crippen molar-refractivity contribution in [3.63, 3.8) is 0 Å². The fraction of sp³-hybridized carbons (Fsp3) is 0.429. The van der Waals surface area contributed by atoms with Gasteiger partial charge in [0.2, 0.25) is 11.8 Å². The number of nitrogens with zero attached hydrogens (tertiary/aromatic N) is 2. The summed E-state index contributed by atoms with van der Waals surface area (Å²) in [5, 5.41) is 10.2. The molecule has 1 heterocycles. The molecular formula is C7H9N3O2S. The first-order valence-corrected chi connectivity index (χ1v) is 4.12. The van der Waals surface area contributed by atoms with E-state index in [0.29, 0.717) is 29.5 Å². The van der Waals surface area contributed by atoms with Crippen molar-refractivity contribution in [1.82, 2.24) is 15.5 Å². The summed E-state index contributed by atoms with van der Waals surface area (Å²) in [5.74, 6) is 0.750. The van der Waals surface area contributed by atoms with Crippen LogP contribution in [0.2, 0.25) is 0 Å². The van der Waals surface area contributed by atoms with Crippen molar-refractivity contribution in [2.75, 3.05) is 7.05 Å². The van der Waals surface area contributed by atoms with Gasteiger partial charge in [0, 0.05) is 7.05 Å². The van der Waals surface area contributed by atoms with Crippen molar-refractivity contribution in [3.05, 3.63) is 11.8 Å². The van der Waals surface area contributed by atoms with Crippen LogP contribution in [-0.4, -0.2) is 28.5 Å². The number of rotatable bonds is 4. The van der Waals surface area contributed by atoms with E-state index in [2.05, 4.69) is 15.5 Å². The molecule has 5 nitrogen and oxygen atoms in total. The largest absolute Gasteiger partial charge is 0.424 e.